The first-order chi connectivity index (χ1) is 12.1. The van der Waals surface area contributed by atoms with Crippen LogP contribution in [0, 0.1) is 6.92 Å². The molecule has 1 amide bonds. The number of aryl methyl sites for hydroxylation is 1. The maximum Gasteiger partial charge on any atom is 0.258 e. The first-order valence-corrected chi connectivity index (χ1v) is 9.48. The van der Waals surface area contributed by atoms with Gasteiger partial charge in [0, 0.05) is 17.1 Å². The van der Waals surface area contributed by atoms with Crippen molar-refractivity contribution < 1.29 is 4.79 Å². The van der Waals surface area contributed by atoms with E-state index in [-0.39, 0.29) is 5.91 Å². The Kier molecular flexibility index (Phi) is 4.27. The van der Waals surface area contributed by atoms with Crippen LogP contribution in [-0.4, -0.2) is 15.7 Å². The number of fused-ring (bicyclic) bond motifs is 1. The summed E-state index contributed by atoms with van der Waals surface area (Å²) in [6.07, 6.45) is 0. The topological polar surface area (TPSA) is 46.9 Å². The van der Waals surface area contributed by atoms with E-state index in [1.807, 2.05) is 35.9 Å². The quantitative estimate of drug-likeness (QED) is 0.719. The van der Waals surface area contributed by atoms with E-state index in [4.69, 9.17) is 16.7 Å². The van der Waals surface area contributed by atoms with E-state index in [1.165, 1.54) is 0 Å². The fourth-order valence-corrected chi connectivity index (χ4v) is 4.16. The molecule has 2 heterocycles. The molecular weight excluding hydrogens is 354 g/mol. The van der Waals surface area contributed by atoms with Crippen molar-refractivity contribution in [2.45, 2.75) is 18.4 Å². The minimum Gasteiger partial charge on any atom is -0.306 e. The second-order valence-corrected chi connectivity index (χ2v) is 7.34. The van der Waals surface area contributed by atoms with Crippen molar-refractivity contribution in [2.24, 2.45) is 0 Å². The SMILES string of the molecule is Cc1cccc(-n2nc3c(c2NC(=O)c2ccccc2Cl)CSC3)c1. The molecule has 1 N–H and O–H groups in total. The number of hydrogen-bond acceptors (Lipinski definition) is 3. The molecule has 6 heteroatoms. The van der Waals surface area contributed by atoms with Gasteiger partial charge in [0.25, 0.3) is 5.91 Å². The molecule has 0 atom stereocenters. The number of halogens is 1. The molecule has 0 spiro atoms. The Balaban J connectivity index is 1.76. The summed E-state index contributed by atoms with van der Waals surface area (Å²) in [4.78, 5) is 12.7. The number of thioether (sulfide) groups is 1. The second kappa shape index (κ2) is 6.58. The summed E-state index contributed by atoms with van der Waals surface area (Å²) in [5, 5.41) is 8.19. The number of amides is 1. The number of nitrogens with zero attached hydrogens (tertiary/aromatic N) is 2. The Hall–Kier alpha value is -2.24. The summed E-state index contributed by atoms with van der Waals surface area (Å²) < 4.78 is 1.83. The van der Waals surface area contributed by atoms with Crippen LogP contribution in [0.15, 0.2) is 48.5 Å². The monoisotopic (exact) mass is 369 g/mol. The molecule has 0 unspecified atom stereocenters. The van der Waals surface area contributed by atoms with Gasteiger partial charge in [-0.15, -0.1) is 0 Å². The Bertz CT molecular complexity index is 967. The molecule has 4 nitrogen and oxygen atoms in total. The van der Waals surface area contributed by atoms with E-state index in [0.29, 0.717) is 10.6 Å². The zero-order chi connectivity index (χ0) is 17.4. The smallest absolute Gasteiger partial charge is 0.258 e. The van der Waals surface area contributed by atoms with Crippen LogP contribution in [0.4, 0.5) is 5.82 Å². The highest BCUT2D eigenvalue weighted by molar-refractivity contribution is 7.98. The molecule has 1 aliphatic rings. The molecule has 0 bridgehead atoms. The number of nitrogens with one attached hydrogen (secondary N) is 1. The Morgan fingerprint density at radius 3 is 2.84 bits per heavy atom. The highest BCUT2D eigenvalue weighted by Crippen LogP contribution is 2.36. The minimum atomic E-state index is -0.223. The Morgan fingerprint density at radius 2 is 2.04 bits per heavy atom. The third kappa shape index (κ3) is 3.05. The number of carbonyl (C=O) groups excluding carboxylic acids is 1. The molecular formula is C19H16ClN3OS. The number of anilines is 1. The van der Waals surface area contributed by atoms with Crippen LogP contribution in [0.3, 0.4) is 0 Å². The van der Waals surface area contributed by atoms with E-state index >= 15 is 0 Å². The summed E-state index contributed by atoms with van der Waals surface area (Å²) >= 11 is 7.97. The van der Waals surface area contributed by atoms with E-state index < -0.39 is 0 Å². The molecule has 25 heavy (non-hydrogen) atoms. The van der Waals surface area contributed by atoms with Gasteiger partial charge in [-0.05, 0) is 36.8 Å². The molecule has 0 saturated heterocycles. The van der Waals surface area contributed by atoms with Gasteiger partial charge in [0.15, 0.2) is 0 Å². The fraction of sp³-hybridized carbons (Fsp3) is 0.158. The number of carbonyl (C=O) groups is 1. The lowest BCUT2D eigenvalue weighted by molar-refractivity contribution is 0.102. The molecule has 0 saturated carbocycles. The van der Waals surface area contributed by atoms with E-state index in [2.05, 4.69) is 11.4 Å². The molecule has 3 aromatic rings. The maximum atomic E-state index is 12.7. The average Bonchev–Trinajstić information content (AvgIpc) is 3.18. The van der Waals surface area contributed by atoms with Gasteiger partial charge in [-0.3, -0.25) is 4.79 Å². The highest BCUT2D eigenvalue weighted by atomic mass is 35.5. The number of hydrogen-bond donors (Lipinski definition) is 1. The van der Waals surface area contributed by atoms with Gasteiger partial charge in [-0.1, -0.05) is 35.9 Å². The molecule has 0 fully saturated rings. The normalized spacial score (nSPS) is 12.9. The first kappa shape index (κ1) is 16.2. The lowest BCUT2D eigenvalue weighted by Gasteiger charge is -2.12. The summed E-state index contributed by atoms with van der Waals surface area (Å²) in [7, 11) is 0. The number of benzene rings is 2. The highest BCUT2D eigenvalue weighted by Gasteiger charge is 2.25. The molecule has 0 radical (unpaired) electrons. The summed E-state index contributed by atoms with van der Waals surface area (Å²) in [6.45, 7) is 2.04. The zero-order valence-electron chi connectivity index (χ0n) is 13.6. The van der Waals surface area contributed by atoms with Gasteiger partial charge in [0.1, 0.15) is 5.82 Å². The lowest BCUT2D eigenvalue weighted by atomic mass is 10.2. The summed E-state index contributed by atoms with van der Waals surface area (Å²) in [5.41, 5.74) is 4.66. The van der Waals surface area contributed by atoms with Crippen LogP contribution in [-0.2, 0) is 11.5 Å². The maximum absolute atomic E-state index is 12.7. The third-order valence-corrected chi connectivity index (χ3v) is 5.45. The van der Waals surface area contributed by atoms with Crippen molar-refractivity contribution in [3.05, 3.63) is 75.9 Å². The third-order valence-electron chi connectivity index (χ3n) is 4.15. The zero-order valence-corrected chi connectivity index (χ0v) is 15.2. The predicted octanol–water partition coefficient (Wildman–Crippen LogP) is 4.83. The lowest BCUT2D eigenvalue weighted by Crippen LogP contribution is -2.16. The van der Waals surface area contributed by atoms with Crippen LogP contribution < -0.4 is 5.32 Å². The van der Waals surface area contributed by atoms with Gasteiger partial charge < -0.3 is 5.32 Å². The van der Waals surface area contributed by atoms with Crippen molar-refractivity contribution in [3.8, 4) is 5.69 Å². The average molecular weight is 370 g/mol. The molecule has 126 valence electrons. The molecule has 0 aliphatic carbocycles. The Labute approximate surface area is 155 Å². The molecule has 1 aromatic heterocycles. The van der Waals surface area contributed by atoms with Crippen molar-refractivity contribution in [1.29, 1.82) is 0 Å². The van der Waals surface area contributed by atoms with Crippen molar-refractivity contribution in [2.75, 3.05) is 5.32 Å². The van der Waals surface area contributed by atoms with Crippen molar-refractivity contribution in [3.63, 3.8) is 0 Å². The number of aromatic nitrogens is 2. The largest absolute Gasteiger partial charge is 0.306 e. The molecule has 4 rings (SSSR count). The molecule has 2 aromatic carbocycles. The van der Waals surface area contributed by atoms with Gasteiger partial charge in [0.05, 0.1) is 22.0 Å². The minimum absolute atomic E-state index is 0.223. The van der Waals surface area contributed by atoms with Gasteiger partial charge in [-0.25, -0.2) is 4.68 Å². The van der Waals surface area contributed by atoms with E-state index in [0.717, 1.165) is 39.8 Å². The van der Waals surface area contributed by atoms with Crippen LogP contribution >= 0.6 is 23.4 Å². The summed E-state index contributed by atoms with van der Waals surface area (Å²) in [6, 6.07) is 15.1. The van der Waals surface area contributed by atoms with Gasteiger partial charge >= 0.3 is 0 Å². The Morgan fingerprint density at radius 1 is 1.20 bits per heavy atom. The van der Waals surface area contributed by atoms with Crippen LogP contribution in [0.2, 0.25) is 5.02 Å². The standard InChI is InChI=1S/C19H16ClN3OS/c1-12-5-4-6-13(9-12)23-18(15-10-25-11-17(15)22-23)21-19(24)14-7-2-3-8-16(14)20/h2-9H,10-11H2,1H3,(H,21,24). The van der Waals surface area contributed by atoms with Gasteiger partial charge in [0.2, 0.25) is 0 Å². The number of rotatable bonds is 3. The van der Waals surface area contributed by atoms with E-state index in [9.17, 15) is 4.79 Å². The predicted molar refractivity (Wildman–Crippen MR) is 103 cm³/mol. The van der Waals surface area contributed by atoms with Gasteiger partial charge in [-0.2, -0.15) is 16.9 Å². The van der Waals surface area contributed by atoms with Crippen LogP contribution in [0.25, 0.3) is 5.69 Å². The molecule has 1 aliphatic heterocycles. The van der Waals surface area contributed by atoms with E-state index in [1.54, 1.807) is 30.0 Å². The second-order valence-electron chi connectivity index (χ2n) is 5.95. The van der Waals surface area contributed by atoms with Crippen molar-refractivity contribution >= 4 is 35.1 Å². The fourth-order valence-electron chi connectivity index (χ4n) is 2.91. The van der Waals surface area contributed by atoms with Crippen LogP contribution in [0.1, 0.15) is 27.2 Å². The van der Waals surface area contributed by atoms with Crippen molar-refractivity contribution in [1.82, 2.24) is 9.78 Å². The first-order valence-electron chi connectivity index (χ1n) is 7.95. The summed E-state index contributed by atoms with van der Waals surface area (Å²) in [5.74, 6) is 2.22. The van der Waals surface area contributed by atoms with Crippen LogP contribution in [0.5, 0.6) is 0 Å².